The van der Waals surface area contributed by atoms with Gasteiger partial charge in [0.15, 0.2) is 0 Å². The van der Waals surface area contributed by atoms with Gasteiger partial charge in [-0.05, 0) is 6.07 Å². The number of rotatable bonds is 1. The molecule has 0 bridgehead atoms. The van der Waals surface area contributed by atoms with Crippen LogP contribution in [0.5, 0.6) is 0 Å². The molecule has 0 amide bonds. The molecule has 0 spiro atoms. The van der Waals surface area contributed by atoms with Crippen molar-refractivity contribution in [3.63, 3.8) is 0 Å². The highest BCUT2D eigenvalue weighted by Crippen LogP contribution is 2.23. The average Bonchev–Trinajstić information content (AvgIpc) is 2.86. The van der Waals surface area contributed by atoms with Crippen LogP contribution >= 0.6 is 11.3 Å². The highest BCUT2D eigenvalue weighted by atomic mass is 32.1. The van der Waals surface area contributed by atoms with Crippen molar-refractivity contribution in [2.24, 2.45) is 5.92 Å². The number of allylic oxidation sites excluding steroid dienone is 4. The van der Waals surface area contributed by atoms with Crippen molar-refractivity contribution in [1.29, 1.82) is 0 Å². The van der Waals surface area contributed by atoms with Gasteiger partial charge in [0.25, 0.3) is 0 Å². The van der Waals surface area contributed by atoms with Crippen molar-refractivity contribution in [2.45, 2.75) is 0 Å². The molecule has 1 heterocycles. The number of thiophene rings is 1. The lowest BCUT2D eigenvalue weighted by atomic mass is 10.2. The zero-order valence-corrected chi connectivity index (χ0v) is 8.53. The number of hydrogen-bond donors (Lipinski definition) is 0. The van der Waals surface area contributed by atoms with Gasteiger partial charge in [0, 0.05) is 6.07 Å². The summed E-state index contributed by atoms with van der Waals surface area (Å²) in [5, 5.41) is 10.6. The van der Waals surface area contributed by atoms with Crippen molar-refractivity contribution < 1.29 is 4.92 Å². The Morgan fingerprint density at radius 1 is 1.33 bits per heavy atom. The molecule has 0 fully saturated rings. The van der Waals surface area contributed by atoms with Crippen LogP contribution in [0.4, 0.5) is 5.00 Å². The van der Waals surface area contributed by atoms with Crippen LogP contribution < -0.4 is 0 Å². The molecule has 1 aliphatic rings. The maximum atomic E-state index is 10.4. The van der Waals surface area contributed by atoms with E-state index in [0.717, 1.165) is 16.2 Å². The Bertz CT molecular complexity index is 490. The fourth-order valence-corrected chi connectivity index (χ4v) is 1.86. The van der Waals surface area contributed by atoms with Gasteiger partial charge in [0.05, 0.1) is 15.7 Å². The third-order valence-electron chi connectivity index (χ3n) is 1.88. The van der Waals surface area contributed by atoms with Crippen molar-refractivity contribution in [3.8, 4) is 11.8 Å². The summed E-state index contributed by atoms with van der Waals surface area (Å²) < 4.78 is 0. The first-order chi connectivity index (χ1) is 7.25. The summed E-state index contributed by atoms with van der Waals surface area (Å²) in [4.78, 5) is 10.8. The van der Waals surface area contributed by atoms with Gasteiger partial charge in [-0.3, -0.25) is 10.1 Å². The molecule has 0 atom stereocenters. The molecule has 3 nitrogen and oxygen atoms in total. The number of hydrogen-bond acceptors (Lipinski definition) is 3. The Hall–Kier alpha value is -1.86. The van der Waals surface area contributed by atoms with Crippen molar-refractivity contribution in [2.75, 3.05) is 0 Å². The lowest BCUT2D eigenvalue weighted by molar-refractivity contribution is -0.380. The molecule has 1 aromatic rings. The van der Waals surface area contributed by atoms with Crippen LogP contribution in [0.3, 0.4) is 0 Å². The summed E-state index contributed by atoms with van der Waals surface area (Å²) >= 11 is 1.10. The van der Waals surface area contributed by atoms with Crippen LogP contribution in [0, 0.1) is 27.9 Å². The summed E-state index contributed by atoms with van der Waals surface area (Å²) in [7, 11) is 0. The van der Waals surface area contributed by atoms with Crippen molar-refractivity contribution in [1.82, 2.24) is 0 Å². The van der Waals surface area contributed by atoms with E-state index in [4.69, 9.17) is 0 Å². The maximum Gasteiger partial charge on any atom is 0.325 e. The predicted octanol–water partition coefficient (Wildman–Crippen LogP) is 2.75. The van der Waals surface area contributed by atoms with E-state index in [0.29, 0.717) is 0 Å². The summed E-state index contributed by atoms with van der Waals surface area (Å²) in [5.41, 5.74) is 0. The van der Waals surface area contributed by atoms with Gasteiger partial charge in [-0.2, -0.15) is 0 Å². The average molecular weight is 217 g/mol. The molecule has 1 aliphatic carbocycles. The first-order valence-corrected chi connectivity index (χ1v) is 5.18. The first kappa shape index (κ1) is 9.69. The molecule has 0 radical (unpaired) electrons. The molecule has 0 aliphatic heterocycles. The van der Waals surface area contributed by atoms with E-state index in [-0.39, 0.29) is 10.9 Å². The van der Waals surface area contributed by atoms with Crippen LogP contribution in [0.15, 0.2) is 36.4 Å². The van der Waals surface area contributed by atoms with Gasteiger partial charge in [0.1, 0.15) is 0 Å². The maximum absolute atomic E-state index is 10.4. The molecule has 0 N–H and O–H groups in total. The molecule has 0 saturated carbocycles. The lowest BCUT2D eigenvalue weighted by Crippen LogP contribution is -1.81. The van der Waals surface area contributed by atoms with E-state index in [9.17, 15) is 10.1 Å². The van der Waals surface area contributed by atoms with Crippen LogP contribution in [0.25, 0.3) is 0 Å². The molecule has 0 saturated heterocycles. The molecular formula is C11H7NO2S. The van der Waals surface area contributed by atoms with E-state index in [1.165, 1.54) is 6.07 Å². The number of nitrogens with zero attached hydrogens (tertiary/aromatic N) is 1. The molecule has 15 heavy (non-hydrogen) atoms. The normalized spacial score (nSPS) is 13.9. The molecule has 2 rings (SSSR count). The fourth-order valence-electron chi connectivity index (χ4n) is 1.18. The molecule has 0 unspecified atom stereocenters. The minimum absolute atomic E-state index is 0.136. The fraction of sp³-hybridized carbons (Fsp3) is 0.0909. The van der Waals surface area contributed by atoms with E-state index >= 15 is 0 Å². The Morgan fingerprint density at radius 2 is 2.07 bits per heavy atom. The van der Waals surface area contributed by atoms with Crippen LogP contribution in [0.2, 0.25) is 0 Å². The van der Waals surface area contributed by atoms with Gasteiger partial charge in [-0.25, -0.2) is 0 Å². The van der Waals surface area contributed by atoms with Crippen molar-refractivity contribution >= 4 is 16.3 Å². The molecule has 74 valence electrons. The zero-order chi connectivity index (χ0) is 10.7. The van der Waals surface area contributed by atoms with E-state index in [1.54, 1.807) is 6.07 Å². The van der Waals surface area contributed by atoms with Crippen molar-refractivity contribution in [3.05, 3.63) is 51.4 Å². The SMILES string of the molecule is O=[N+]([O-])c1ccc(C#CC2C=CC=C2)s1. The second-order valence-corrected chi connectivity index (χ2v) is 4.02. The molecule has 0 aromatic carbocycles. The van der Waals surface area contributed by atoms with E-state index < -0.39 is 4.92 Å². The quantitative estimate of drug-likeness (QED) is 0.412. The third kappa shape index (κ3) is 2.33. The summed E-state index contributed by atoms with van der Waals surface area (Å²) in [6.07, 6.45) is 7.84. The third-order valence-corrected chi connectivity index (χ3v) is 2.83. The largest absolute Gasteiger partial charge is 0.325 e. The second kappa shape index (κ2) is 4.11. The van der Waals surface area contributed by atoms with Crippen LogP contribution in [-0.4, -0.2) is 4.92 Å². The van der Waals surface area contributed by atoms with Crippen LogP contribution in [-0.2, 0) is 0 Å². The minimum atomic E-state index is -0.398. The summed E-state index contributed by atoms with van der Waals surface area (Å²) in [6.45, 7) is 0. The molecular weight excluding hydrogens is 210 g/mol. The van der Waals surface area contributed by atoms with Gasteiger partial charge in [0.2, 0.25) is 0 Å². The van der Waals surface area contributed by atoms with E-state index in [1.807, 2.05) is 24.3 Å². The van der Waals surface area contributed by atoms with Crippen LogP contribution in [0.1, 0.15) is 4.88 Å². The highest BCUT2D eigenvalue weighted by Gasteiger charge is 2.07. The Morgan fingerprint density at radius 3 is 2.67 bits per heavy atom. The van der Waals surface area contributed by atoms with Gasteiger partial charge < -0.3 is 0 Å². The van der Waals surface area contributed by atoms with Gasteiger partial charge in [-0.15, -0.1) is 0 Å². The standard InChI is InChI=1S/C11H7NO2S/c13-12(14)11-8-7-10(15-11)6-5-9-3-1-2-4-9/h1-4,7-9H. The summed E-state index contributed by atoms with van der Waals surface area (Å²) in [6, 6.07) is 3.16. The number of nitro groups is 1. The van der Waals surface area contributed by atoms with E-state index in [2.05, 4.69) is 11.8 Å². The van der Waals surface area contributed by atoms with Gasteiger partial charge >= 0.3 is 5.00 Å². The smallest absolute Gasteiger partial charge is 0.258 e. The Labute approximate surface area is 90.9 Å². The second-order valence-electron chi connectivity index (χ2n) is 2.96. The lowest BCUT2D eigenvalue weighted by Gasteiger charge is -1.87. The zero-order valence-electron chi connectivity index (χ0n) is 7.71. The van der Waals surface area contributed by atoms with Gasteiger partial charge in [-0.1, -0.05) is 47.5 Å². The Balaban J connectivity index is 2.13. The topological polar surface area (TPSA) is 43.1 Å². The molecule has 4 heteroatoms. The summed E-state index contributed by atoms with van der Waals surface area (Å²) in [5.74, 6) is 6.08. The minimum Gasteiger partial charge on any atom is -0.258 e. The predicted molar refractivity (Wildman–Crippen MR) is 59.6 cm³/mol. The molecule has 1 aromatic heterocycles. The monoisotopic (exact) mass is 217 g/mol. The first-order valence-electron chi connectivity index (χ1n) is 4.36. The highest BCUT2D eigenvalue weighted by molar-refractivity contribution is 7.15. The Kier molecular flexibility index (Phi) is 2.66.